The van der Waals surface area contributed by atoms with Crippen LogP contribution < -0.4 is 10.9 Å². The van der Waals surface area contributed by atoms with E-state index in [9.17, 15) is 9.59 Å². The van der Waals surface area contributed by atoms with Crippen molar-refractivity contribution >= 4 is 44.6 Å². The van der Waals surface area contributed by atoms with E-state index in [1.165, 1.54) is 15.9 Å². The Morgan fingerprint density at radius 3 is 2.71 bits per heavy atom. The van der Waals surface area contributed by atoms with E-state index in [2.05, 4.69) is 5.32 Å². The van der Waals surface area contributed by atoms with Gasteiger partial charge in [0.25, 0.3) is 5.56 Å². The molecule has 0 fully saturated rings. The molecule has 2 aromatic heterocycles. The second kappa shape index (κ2) is 5.71. The Labute approximate surface area is 129 Å². The Hall–Kier alpha value is -2.11. The van der Waals surface area contributed by atoms with Crippen molar-refractivity contribution in [2.45, 2.75) is 6.54 Å². The van der Waals surface area contributed by atoms with E-state index in [1.807, 2.05) is 11.4 Å². The van der Waals surface area contributed by atoms with Gasteiger partial charge in [0, 0.05) is 21.6 Å². The zero-order valence-electron chi connectivity index (χ0n) is 10.9. The molecule has 1 N–H and O–H groups in total. The van der Waals surface area contributed by atoms with Gasteiger partial charge in [0.2, 0.25) is 5.91 Å². The second-order valence-corrected chi connectivity index (χ2v) is 5.89. The molecule has 106 valence electrons. The summed E-state index contributed by atoms with van der Waals surface area (Å²) in [6, 6.07) is 10.4. The Morgan fingerprint density at radius 1 is 1.19 bits per heavy atom. The number of anilines is 1. The molecule has 3 aromatic rings. The molecule has 1 amide bonds. The predicted octanol–water partition coefficient (Wildman–Crippen LogP) is 3.36. The molecule has 6 heteroatoms. The zero-order chi connectivity index (χ0) is 14.8. The molecule has 2 heterocycles. The van der Waals surface area contributed by atoms with Gasteiger partial charge >= 0.3 is 0 Å². The Bertz CT molecular complexity index is 852. The van der Waals surface area contributed by atoms with Crippen LogP contribution in [0.15, 0.2) is 52.8 Å². The normalized spacial score (nSPS) is 10.7. The number of nitrogens with zero attached hydrogens (tertiary/aromatic N) is 1. The highest BCUT2D eigenvalue weighted by atomic mass is 35.5. The van der Waals surface area contributed by atoms with Crippen LogP contribution in [0.3, 0.4) is 0 Å². The number of halogens is 1. The highest BCUT2D eigenvalue weighted by molar-refractivity contribution is 7.17. The van der Waals surface area contributed by atoms with Crippen LogP contribution in [0.1, 0.15) is 0 Å². The van der Waals surface area contributed by atoms with Crippen LogP contribution in [0, 0.1) is 0 Å². The highest BCUT2D eigenvalue weighted by Gasteiger charge is 2.08. The number of carbonyl (C=O) groups is 1. The second-order valence-electron chi connectivity index (χ2n) is 4.50. The lowest BCUT2D eigenvalue weighted by molar-refractivity contribution is -0.116. The monoisotopic (exact) mass is 318 g/mol. The van der Waals surface area contributed by atoms with Gasteiger partial charge in [-0.3, -0.25) is 9.59 Å². The largest absolute Gasteiger partial charge is 0.325 e. The molecule has 0 spiro atoms. The number of pyridine rings is 1. The van der Waals surface area contributed by atoms with Crippen molar-refractivity contribution in [3.05, 3.63) is 63.4 Å². The zero-order valence-corrected chi connectivity index (χ0v) is 12.4. The number of hydrogen-bond acceptors (Lipinski definition) is 3. The molecule has 0 unspecified atom stereocenters. The molecular weight excluding hydrogens is 308 g/mol. The van der Waals surface area contributed by atoms with Crippen LogP contribution in [0.5, 0.6) is 0 Å². The molecule has 0 saturated carbocycles. The maximum absolute atomic E-state index is 12.2. The third-order valence-electron chi connectivity index (χ3n) is 3.03. The number of thiophene rings is 1. The molecule has 0 atom stereocenters. The number of benzene rings is 1. The first-order valence-electron chi connectivity index (χ1n) is 6.25. The van der Waals surface area contributed by atoms with Gasteiger partial charge in [-0.25, -0.2) is 0 Å². The van der Waals surface area contributed by atoms with Crippen LogP contribution in [-0.4, -0.2) is 10.5 Å². The summed E-state index contributed by atoms with van der Waals surface area (Å²) in [6.45, 7) is -0.0206. The van der Waals surface area contributed by atoms with Gasteiger partial charge in [0.05, 0.1) is 5.39 Å². The number of aromatic nitrogens is 1. The Morgan fingerprint density at radius 2 is 1.95 bits per heavy atom. The Kier molecular flexibility index (Phi) is 3.77. The predicted molar refractivity (Wildman–Crippen MR) is 86.2 cm³/mol. The average Bonchev–Trinajstić information content (AvgIpc) is 2.94. The summed E-state index contributed by atoms with van der Waals surface area (Å²) >= 11 is 7.29. The molecule has 0 bridgehead atoms. The minimum atomic E-state index is -0.256. The molecule has 0 aliphatic heterocycles. The Balaban J connectivity index is 1.78. The third-order valence-corrected chi connectivity index (χ3v) is 4.17. The van der Waals surface area contributed by atoms with Crippen molar-refractivity contribution in [3.8, 4) is 0 Å². The number of carbonyl (C=O) groups excluding carboxylic acids is 1. The summed E-state index contributed by atoms with van der Waals surface area (Å²) in [5.41, 5.74) is 0.495. The van der Waals surface area contributed by atoms with Crippen molar-refractivity contribution in [1.29, 1.82) is 0 Å². The first-order valence-corrected chi connectivity index (χ1v) is 7.51. The van der Waals surface area contributed by atoms with Gasteiger partial charge in [-0.15, -0.1) is 11.3 Å². The van der Waals surface area contributed by atoms with Gasteiger partial charge < -0.3 is 9.88 Å². The smallest absolute Gasteiger partial charge is 0.259 e. The fraction of sp³-hybridized carbons (Fsp3) is 0.0667. The molecule has 1 aromatic carbocycles. The maximum Gasteiger partial charge on any atom is 0.259 e. The number of fused-ring (bicyclic) bond motifs is 1. The average molecular weight is 319 g/mol. The van der Waals surface area contributed by atoms with Gasteiger partial charge in [-0.05, 0) is 41.8 Å². The van der Waals surface area contributed by atoms with Crippen molar-refractivity contribution in [1.82, 2.24) is 4.57 Å². The summed E-state index contributed by atoms with van der Waals surface area (Å²) in [5.74, 6) is -0.256. The lowest BCUT2D eigenvalue weighted by Crippen LogP contribution is -2.26. The topological polar surface area (TPSA) is 51.1 Å². The van der Waals surface area contributed by atoms with E-state index in [1.54, 1.807) is 36.5 Å². The molecule has 0 radical (unpaired) electrons. The van der Waals surface area contributed by atoms with E-state index >= 15 is 0 Å². The van der Waals surface area contributed by atoms with E-state index in [-0.39, 0.29) is 18.0 Å². The van der Waals surface area contributed by atoms with Crippen LogP contribution in [-0.2, 0) is 11.3 Å². The fourth-order valence-electron chi connectivity index (χ4n) is 2.02. The lowest BCUT2D eigenvalue weighted by Gasteiger charge is -2.07. The molecule has 0 saturated heterocycles. The summed E-state index contributed by atoms with van der Waals surface area (Å²) in [6.07, 6.45) is 1.64. The molecule has 0 aliphatic rings. The quantitative estimate of drug-likeness (QED) is 0.805. The molecular formula is C15H11ClN2O2S. The van der Waals surface area contributed by atoms with Crippen molar-refractivity contribution in [3.63, 3.8) is 0 Å². The first kappa shape index (κ1) is 13.9. The number of nitrogens with one attached hydrogen (secondary N) is 1. The van der Waals surface area contributed by atoms with Crippen LogP contribution >= 0.6 is 22.9 Å². The van der Waals surface area contributed by atoms with E-state index in [0.29, 0.717) is 16.1 Å². The molecule has 4 nitrogen and oxygen atoms in total. The number of hydrogen-bond donors (Lipinski definition) is 1. The summed E-state index contributed by atoms with van der Waals surface area (Å²) in [7, 11) is 0. The van der Waals surface area contributed by atoms with Crippen LogP contribution in [0.2, 0.25) is 5.02 Å². The summed E-state index contributed by atoms with van der Waals surface area (Å²) in [4.78, 5) is 24.2. The van der Waals surface area contributed by atoms with Crippen molar-refractivity contribution in [2.24, 2.45) is 0 Å². The molecule has 21 heavy (non-hydrogen) atoms. The SMILES string of the molecule is O=C(Cn1ccc2sccc2c1=O)Nc1ccc(Cl)cc1. The van der Waals surface area contributed by atoms with Gasteiger partial charge in [-0.1, -0.05) is 11.6 Å². The summed E-state index contributed by atoms with van der Waals surface area (Å²) in [5, 5.41) is 5.84. The maximum atomic E-state index is 12.2. The number of rotatable bonds is 3. The van der Waals surface area contributed by atoms with Gasteiger partial charge in [0.1, 0.15) is 6.54 Å². The van der Waals surface area contributed by atoms with Crippen LogP contribution in [0.25, 0.3) is 10.1 Å². The summed E-state index contributed by atoms with van der Waals surface area (Å²) < 4.78 is 2.33. The number of amides is 1. The van der Waals surface area contributed by atoms with Gasteiger partial charge in [-0.2, -0.15) is 0 Å². The molecule has 0 aliphatic carbocycles. The lowest BCUT2D eigenvalue weighted by atomic mass is 10.3. The van der Waals surface area contributed by atoms with E-state index in [4.69, 9.17) is 11.6 Å². The van der Waals surface area contributed by atoms with Crippen LogP contribution in [0.4, 0.5) is 5.69 Å². The third kappa shape index (κ3) is 2.99. The van der Waals surface area contributed by atoms with Crippen molar-refractivity contribution < 1.29 is 4.79 Å². The van der Waals surface area contributed by atoms with Crippen molar-refractivity contribution in [2.75, 3.05) is 5.32 Å². The minimum Gasteiger partial charge on any atom is -0.325 e. The highest BCUT2D eigenvalue weighted by Crippen LogP contribution is 2.16. The first-order chi connectivity index (χ1) is 10.1. The fourth-order valence-corrected chi connectivity index (χ4v) is 2.92. The van der Waals surface area contributed by atoms with E-state index < -0.39 is 0 Å². The molecule has 3 rings (SSSR count). The standard InChI is InChI=1S/C15H11ClN2O2S/c16-10-1-3-11(4-2-10)17-14(19)9-18-7-5-13-12(15(18)20)6-8-21-13/h1-8H,9H2,(H,17,19). The van der Waals surface area contributed by atoms with Gasteiger partial charge in [0.15, 0.2) is 0 Å². The minimum absolute atomic E-state index is 0.0206. The van der Waals surface area contributed by atoms with E-state index in [0.717, 1.165) is 4.70 Å².